The molecule has 0 spiro atoms. The Morgan fingerprint density at radius 3 is 2.78 bits per heavy atom. The molecule has 0 fully saturated rings. The zero-order valence-corrected chi connectivity index (χ0v) is 13.1. The first-order valence-electron chi connectivity index (χ1n) is 7.24. The van der Waals surface area contributed by atoms with E-state index >= 15 is 0 Å². The molecule has 0 aliphatic carbocycles. The van der Waals surface area contributed by atoms with Crippen LogP contribution in [0.2, 0.25) is 5.02 Å². The number of nitrogens with one attached hydrogen (secondary N) is 2. The molecule has 0 radical (unpaired) electrons. The Bertz CT molecular complexity index is 880. The quantitative estimate of drug-likeness (QED) is 0.760. The smallest absolute Gasteiger partial charge is 0.226 e. The molecule has 7 heteroatoms. The second-order valence-electron chi connectivity index (χ2n) is 5.58. The summed E-state index contributed by atoms with van der Waals surface area (Å²) in [6.45, 7) is 0. The third kappa shape index (κ3) is 2.31. The Balaban J connectivity index is 1.82. The van der Waals surface area contributed by atoms with E-state index in [1.54, 1.807) is 17.1 Å². The number of carbonyl (C=O) groups excluding carboxylic acids is 1. The number of rotatable bonds is 2. The Morgan fingerprint density at radius 2 is 2.00 bits per heavy atom. The molecule has 3 heterocycles. The minimum absolute atomic E-state index is 0.0191. The number of aromatic amines is 1. The summed E-state index contributed by atoms with van der Waals surface area (Å²) < 4.78 is 1.68. The van der Waals surface area contributed by atoms with E-state index in [9.17, 15) is 4.79 Å². The number of hydrogen-bond donors (Lipinski definition) is 2. The van der Waals surface area contributed by atoms with Crippen LogP contribution in [0, 0.1) is 0 Å². The van der Waals surface area contributed by atoms with Gasteiger partial charge in [0, 0.05) is 35.5 Å². The highest BCUT2D eigenvalue weighted by Gasteiger charge is 2.31. The highest BCUT2D eigenvalue weighted by molar-refractivity contribution is 6.30. The lowest BCUT2D eigenvalue weighted by Gasteiger charge is -2.23. The number of aryl methyl sites for hydroxylation is 1. The molecule has 3 aromatic rings. The lowest BCUT2D eigenvalue weighted by atomic mass is 9.86. The number of anilines is 1. The Labute approximate surface area is 137 Å². The first-order valence-corrected chi connectivity index (χ1v) is 7.62. The molecule has 1 aliphatic rings. The average molecular weight is 328 g/mol. The van der Waals surface area contributed by atoms with Gasteiger partial charge in [0.1, 0.15) is 5.82 Å². The van der Waals surface area contributed by atoms with Crippen molar-refractivity contribution in [1.29, 1.82) is 0 Å². The lowest BCUT2D eigenvalue weighted by molar-refractivity contribution is -0.116. The first kappa shape index (κ1) is 14.0. The van der Waals surface area contributed by atoms with Crippen molar-refractivity contribution in [1.82, 2.24) is 20.0 Å². The number of hydrogen-bond acceptors (Lipinski definition) is 3. The summed E-state index contributed by atoms with van der Waals surface area (Å²) in [5.41, 5.74) is 3.87. The molecule has 6 nitrogen and oxygen atoms in total. The molecule has 2 aromatic heterocycles. The molecule has 0 saturated carbocycles. The van der Waals surface area contributed by atoms with Crippen LogP contribution in [0.25, 0.3) is 11.3 Å². The van der Waals surface area contributed by atoms with Crippen LogP contribution in [0.3, 0.4) is 0 Å². The zero-order chi connectivity index (χ0) is 16.0. The van der Waals surface area contributed by atoms with Crippen LogP contribution in [0.1, 0.15) is 23.5 Å². The minimum atomic E-state index is -0.0723. The van der Waals surface area contributed by atoms with E-state index in [0.717, 1.165) is 28.2 Å². The molecule has 1 unspecified atom stereocenters. The number of carbonyl (C=O) groups is 1. The number of halogens is 1. The molecule has 1 amide bonds. The molecule has 2 N–H and O–H groups in total. The monoisotopic (exact) mass is 327 g/mol. The van der Waals surface area contributed by atoms with Gasteiger partial charge in [0.15, 0.2) is 0 Å². The number of benzene rings is 1. The van der Waals surface area contributed by atoms with Crippen molar-refractivity contribution in [3.63, 3.8) is 0 Å². The van der Waals surface area contributed by atoms with Gasteiger partial charge in [-0.2, -0.15) is 10.2 Å². The van der Waals surface area contributed by atoms with E-state index in [4.69, 9.17) is 11.6 Å². The van der Waals surface area contributed by atoms with Gasteiger partial charge < -0.3 is 5.32 Å². The van der Waals surface area contributed by atoms with E-state index < -0.39 is 0 Å². The van der Waals surface area contributed by atoms with Gasteiger partial charge in [0.25, 0.3) is 0 Å². The van der Waals surface area contributed by atoms with Crippen LogP contribution in [0.5, 0.6) is 0 Å². The SMILES string of the molecule is Cn1ncc2c1NC(=O)CC2c1cn[nH]c1-c1ccc(Cl)cc1. The van der Waals surface area contributed by atoms with Crippen LogP contribution in [-0.2, 0) is 11.8 Å². The molecular weight excluding hydrogens is 314 g/mol. The van der Waals surface area contributed by atoms with Gasteiger partial charge in [-0.1, -0.05) is 23.7 Å². The predicted molar refractivity (Wildman–Crippen MR) is 87.3 cm³/mol. The summed E-state index contributed by atoms with van der Waals surface area (Å²) in [5, 5.41) is 15.0. The van der Waals surface area contributed by atoms with Gasteiger partial charge in [-0.05, 0) is 17.7 Å². The summed E-state index contributed by atoms with van der Waals surface area (Å²) in [7, 11) is 1.82. The average Bonchev–Trinajstić information content (AvgIpc) is 3.15. The maximum absolute atomic E-state index is 12.1. The third-order valence-electron chi connectivity index (χ3n) is 4.17. The second kappa shape index (κ2) is 5.24. The van der Waals surface area contributed by atoms with Gasteiger partial charge in [-0.3, -0.25) is 14.6 Å². The molecule has 116 valence electrons. The van der Waals surface area contributed by atoms with Crippen LogP contribution in [0.4, 0.5) is 5.82 Å². The van der Waals surface area contributed by atoms with Crippen molar-refractivity contribution in [3.05, 3.63) is 52.8 Å². The summed E-state index contributed by atoms with van der Waals surface area (Å²) in [5.74, 6) is 0.653. The molecule has 1 aromatic carbocycles. The van der Waals surface area contributed by atoms with Crippen LogP contribution >= 0.6 is 11.6 Å². The van der Waals surface area contributed by atoms with Crippen molar-refractivity contribution >= 4 is 23.3 Å². The molecule has 0 saturated heterocycles. The molecule has 1 atom stereocenters. The minimum Gasteiger partial charge on any atom is -0.311 e. The van der Waals surface area contributed by atoms with E-state index in [-0.39, 0.29) is 11.8 Å². The third-order valence-corrected chi connectivity index (χ3v) is 4.42. The fraction of sp³-hybridized carbons (Fsp3) is 0.188. The van der Waals surface area contributed by atoms with Crippen LogP contribution < -0.4 is 5.32 Å². The lowest BCUT2D eigenvalue weighted by Crippen LogP contribution is -2.24. The summed E-state index contributed by atoms with van der Waals surface area (Å²) >= 11 is 5.96. The zero-order valence-electron chi connectivity index (χ0n) is 12.4. The molecular formula is C16H14ClN5O. The topological polar surface area (TPSA) is 75.6 Å². The summed E-state index contributed by atoms with van der Waals surface area (Å²) in [4.78, 5) is 12.1. The van der Waals surface area contributed by atoms with E-state index in [1.165, 1.54) is 0 Å². The predicted octanol–water partition coefficient (Wildman–Crippen LogP) is 2.94. The van der Waals surface area contributed by atoms with Crippen molar-refractivity contribution in [2.24, 2.45) is 7.05 Å². The van der Waals surface area contributed by atoms with E-state index in [1.807, 2.05) is 31.3 Å². The second-order valence-corrected chi connectivity index (χ2v) is 6.02. The Morgan fingerprint density at radius 1 is 1.22 bits per heavy atom. The van der Waals surface area contributed by atoms with Gasteiger partial charge >= 0.3 is 0 Å². The Kier molecular flexibility index (Phi) is 3.20. The van der Waals surface area contributed by atoms with Crippen molar-refractivity contribution in [2.45, 2.75) is 12.3 Å². The normalized spacial score (nSPS) is 17.0. The summed E-state index contributed by atoms with van der Waals surface area (Å²) in [6.07, 6.45) is 3.96. The van der Waals surface area contributed by atoms with Crippen LogP contribution in [0.15, 0.2) is 36.7 Å². The fourth-order valence-corrected chi connectivity index (χ4v) is 3.15. The fourth-order valence-electron chi connectivity index (χ4n) is 3.03. The summed E-state index contributed by atoms with van der Waals surface area (Å²) in [6, 6.07) is 7.55. The van der Waals surface area contributed by atoms with Gasteiger partial charge in [-0.25, -0.2) is 0 Å². The van der Waals surface area contributed by atoms with E-state index in [2.05, 4.69) is 20.6 Å². The van der Waals surface area contributed by atoms with Crippen LogP contribution in [-0.4, -0.2) is 25.9 Å². The largest absolute Gasteiger partial charge is 0.311 e. The first-order chi connectivity index (χ1) is 11.1. The van der Waals surface area contributed by atoms with E-state index in [0.29, 0.717) is 11.4 Å². The van der Waals surface area contributed by atoms with Crippen molar-refractivity contribution < 1.29 is 4.79 Å². The van der Waals surface area contributed by atoms with Crippen molar-refractivity contribution in [2.75, 3.05) is 5.32 Å². The highest BCUT2D eigenvalue weighted by Crippen LogP contribution is 2.40. The maximum atomic E-state index is 12.1. The van der Waals surface area contributed by atoms with Crippen molar-refractivity contribution in [3.8, 4) is 11.3 Å². The van der Waals surface area contributed by atoms with Gasteiger partial charge in [0.2, 0.25) is 5.91 Å². The standard InChI is InChI=1S/C16H14ClN5O/c1-22-16-13(8-19-22)11(6-14(23)20-16)12-7-18-21-15(12)9-2-4-10(17)5-3-9/h2-5,7-8,11H,6H2,1H3,(H,18,21)(H,20,23). The number of amides is 1. The molecule has 0 bridgehead atoms. The number of aromatic nitrogens is 4. The molecule has 23 heavy (non-hydrogen) atoms. The number of nitrogens with zero attached hydrogens (tertiary/aromatic N) is 3. The highest BCUT2D eigenvalue weighted by atomic mass is 35.5. The Hall–Kier alpha value is -2.60. The maximum Gasteiger partial charge on any atom is 0.226 e. The van der Waals surface area contributed by atoms with Gasteiger partial charge in [-0.15, -0.1) is 0 Å². The molecule has 4 rings (SSSR count). The molecule has 1 aliphatic heterocycles. The number of fused-ring (bicyclic) bond motifs is 1. The number of H-pyrrole nitrogens is 1. The van der Waals surface area contributed by atoms with Gasteiger partial charge in [0.05, 0.1) is 18.1 Å².